The summed E-state index contributed by atoms with van der Waals surface area (Å²) in [5, 5.41) is 0. The van der Waals surface area contributed by atoms with Gasteiger partial charge in [-0.05, 0) is 25.2 Å². The smallest absolute Gasteiger partial charge is 0.306 e. The normalized spacial score (nSPS) is 12.0. The fourth-order valence-electron chi connectivity index (χ4n) is 9.63. The van der Waals surface area contributed by atoms with Crippen LogP contribution in [0.2, 0.25) is 0 Å². The van der Waals surface area contributed by atoms with E-state index < -0.39 is 6.10 Å². The Kier molecular flexibility index (Phi) is 55.0. The molecule has 1 atom stereocenters. The van der Waals surface area contributed by atoms with Crippen LogP contribution in [0.15, 0.2) is 0 Å². The van der Waals surface area contributed by atoms with Gasteiger partial charge in [-0.15, -0.1) is 0 Å². The third kappa shape index (κ3) is 55.3. The molecule has 0 aromatic rings. The Labute approximate surface area is 425 Å². The Morgan fingerprint density at radius 2 is 0.485 bits per heavy atom. The molecule has 0 aromatic heterocycles. The molecule has 0 bridgehead atoms. The second-order valence-electron chi connectivity index (χ2n) is 21.8. The molecule has 6 heteroatoms. The molecule has 0 N–H and O–H groups in total. The van der Waals surface area contributed by atoms with Crippen LogP contribution in [0.25, 0.3) is 0 Å². The summed E-state index contributed by atoms with van der Waals surface area (Å²) in [6.45, 7) is 9.09. The van der Waals surface area contributed by atoms with E-state index in [0.29, 0.717) is 19.3 Å². The van der Waals surface area contributed by atoms with Crippen LogP contribution in [0.5, 0.6) is 0 Å². The van der Waals surface area contributed by atoms with Crippen LogP contribution in [0.3, 0.4) is 0 Å². The van der Waals surface area contributed by atoms with Crippen molar-refractivity contribution in [2.75, 3.05) is 13.2 Å². The van der Waals surface area contributed by atoms with Crippen LogP contribution < -0.4 is 0 Å². The molecular formula is C62H120O6. The predicted octanol–water partition coefficient (Wildman–Crippen LogP) is 20.6. The van der Waals surface area contributed by atoms with Gasteiger partial charge in [0.2, 0.25) is 0 Å². The van der Waals surface area contributed by atoms with Crippen molar-refractivity contribution in [3.63, 3.8) is 0 Å². The first-order chi connectivity index (χ1) is 33.4. The van der Waals surface area contributed by atoms with Gasteiger partial charge in [-0.1, -0.05) is 317 Å². The number of ether oxygens (including phenoxy) is 3. The van der Waals surface area contributed by atoms with E-state index in [1.165, 1.54) is 250 Å². The van der Waals surface area contributed by atoms with E-state index in [9.17, 15) is 14.4 Å². The van der Waals surface area contributed by atoms with Crippen LogP contribution >= 0.6 is 0 Å². The topological polar surface area (TPSA) is 78.9 Å². The van der Waals surface area contributed by atoms with Gasteiger partial charge in [-0.2, -0.15) is 0 Å². The molecule has 68 heavy (non-hydrogen) atoms. The molecule has 0 amide bonds. The van der Waals surface area contributed by atoms with E-state index in [2.05, 4.69) is 27.7 Å². The molecule has 0 spiro atoms. The van der Waals surface area contributed by atoms with Crippen molar-refractivity contribution >= 4 is 17.9 Å². The van der Waals surface area contributed by atoms with Crippen molar-refractivity contribution in [2.24, 2.45) is 5.92 Å². The SMILES string of the molecule is CCCCCCCCCCCCCCCCCCC(=O)OC[C@@H](COC(=O)CCCCCCCCCCCCCCCCCCC(C)C)OC(=O)CCCCCCCCCCCCCCCCC. The average Bonchev–Trinajstić information content (AvgIpc) is 3.32. The number of esters is 3. The van der Waals surface area contributed by atoms with E-state index in [-0.39, 0.29) is 31.1 Å². The van der Waals surface area contributed by atoms with E-state index in [0.717, 1.165) is 63.7 Å². The minimum absolute atomic E-state index is 0.0613. The Morgan fingerprint density at radius 1 is 0.279 bits per heavy atom. The van der Waals surface area contributed by atoms with Crippen LogP contribution in [0.1, 0.15) is 355 Å². The summed E-state index contributed by atoms with van der Waals surface area (Å²) in [6, 6.07) is 0. The summed E-state index contributed by atoms with van der Waals surface area (Å²) in [5.41, 5.74) is 0. The second-order valence-corrected chi connectivity index (χ2v) is 21.8. The molecule has 0 aliphatic rings. The number of hydrogen-bond donors (Lipinski definition) is 0. The first-order valence-corrected chi connectivity index (χ1v) is 30.9. The van der Waals surface area contributed by atoms with Gasteiger partial charge in [0.25, 0.3) is 0 Å². The van der Waals surface area contributed by atoms with Gasteiger partial charge in [-0.25, -0.2) is 0 Å². The van der Waals surface area contributed by atoms with E-state index >= 15 is 0 Å². The van der Waals surface area contributed by atoms with Crippen molar-refractivity contribution in [1.82, 2.24) is 0 Å². The van der Waals surface area contributed by atoms with Gasteiger partial charge in [0, 0.05) is 19.3 Å². The Balaban J connectivity index is 4.27. The summed E-state index contributed by atoms with van der Waals surface area (Å²) in [7, 11) is 0. The van der Waals surface area contributed by atoms with Crippen molar-refractivity contribution < 1.29 is 28.6 Å². The van der Waals surface area contributed by atoms with Gasteiger partial charge < -0.3 is 14.2 Å². The summed E-state index contributed by atoms with van der Waals surface area (Å²) in [5.74, 6) is 0.0236. The lowest BCUT2D eigenvalue weighted by molar-refractivity contribution is -0.167. The maximum atomic E-state index is 12.9. The Hall–Kier alpha value is -1.59. The highest BCUT2D eigenvalue weighted by Crippen LogP contribution is 2.18. The summed E-state index contributed by atoms with van der Waals surface area (Å²) in [4.78, 5) is 38.2. The third-order valence-corrected chi connectivity index (χ3v) is 14.3. The zero-order valence-electron chi connectivity index (χ0n) is 46.6. The van der Waals surface area contributed by atoms with E-state index in [1.807, 2.05) is 0 Å². The standard InChI is InChI=1S/C62H120O6/c1-5-7-9-11-13-15-17-19-21-26-29-33-37-41-45-49-53-60(63)66-56-59(68-62(65)55-51-47-43-39-35-31-24-20-18-16-14-12-10-8-6-2)57-67-61(64)54-50-46-42-38-34-30-27-23-22-25-28-32-36-40-44-48-52-58(3)4/h58-59H,5-57H2,1-4H3/t59-/m0/s1. The zero-order chi connectivity index (χ0) is 49.5. The van der Waals surface area contributed by atoms with Crippen LogP contribution in [0, 0.1) is 5.92 Å². The van der Waals surface area contributed by atoms with E-state index in [1.54, 1.807) is 0 Å². The van der Waals surface area contributed by atoms with Gasteiger partial charge in [0.05, 0.1) is 0 Å². The van der Waals surface area contributed by atoms with Crippen molar-refractivity contribution in [2.45, 2.75) is 361 Å². The molecule has 404 valence electrons. The molecule has 0 saturated heterocycles. The maximum absolute atomic E-state index is 12.9. The zero-order valence-corrected chi connectivity index (χ0v) is 46.6. The first-order valence-electron chi connectivity index (χ1n) is 30.9. The molecule has 0 saturated carbocycles. The molecule has 0 aliphatic carbocycles. The van der Waals surface area contributed by atoms with Crippen molar-refractivity contribution in [3.8, 4) is 0 Å². The molecule has 0 heterocycles. The molecule has 0 fully saturated rings. The molecular weight excluding hydrogens is 841 g/mol. The summed E-state index contributed by atoms with van der Waals surface area (Å²) in [6.07, 6.45) is 62.4. The lowest BCUT2D eigenvalue weighted by Gasteiger charge is -2.18. The molecule has 0 rings (SSSR count). The third-order valence-electron chi connectivity index (χ3n) is 14.3. The monoisotopic (exact) mass is 961 g/mol. The number of carbonyl (C=O) groups is 3. The molecule has 0 aromatic carbocycles. The van der Waals surface area contributed by atoms with Crippen molar-refractivity contribution in [1.29, 1.82) is 0 Å². The second kappa shape index (κ2) is 56.3. The number of rotatable bonds is 57. The predicted molar refractivity (Wildman–Crippen MR) is 293 cm³/mol. The molecule has 0 aliphatic heterocycles. The lowest BCUT2D eigenvalue weighted by Crippen LogP contribution is -2.30. The minimum atomic E-state index is -0.762. The van der Waals surface area contributed by atoms with Gasteiger partial charge >= 0.3 is 17.9 Å². The van der Waals surface area contributed by atoms with E-state index in [4.69, 9.17) is 14.2 Å². The number of hydrogen-bond acceptors (Lipinski definition) is 6. The van der Waals surface area contributed by atoms with Gasteiger partial charge in [-0.3, -0.25) is 14.4 Å². The average molecular weight is 962 g/mol. The Bertz CT molecular complexity index is 1030. The highest BCUT2D eigenvalue weighted by atomic mass is 16.6. The Morgan fingerprint density at radius 3 is 0.721 bits per heavy atom. The van der Waals surface area contributed by atoms with Gasteiger partial charge in [0.1, 0.15) is 13.2 Å². The fraction of sp³-hybridized carbons (Fsp3) is 0.952. The minimum Gasteiger partial charge on any atom is -0.462 e. The van der Waals surface area contributed by atoms with Crippen LogP contribution in [-0.2, 0) is 28.6 Å². The van der Waals surface area contributed by atoms with Crippen molar-refractivity contribution in [3.05, 3.63) is 0 Å². The highest BCUT2D eigenvalue weighted by molar-refractivity contribution is 5.71. The molecule has 0 unspecified atom stereocenters. The first kappa shape index (κ1) is 66.4. The molecule has 0 radical (unpaired) electrons. The van der Waals surface area contributed by atoms with Gasteiger partial charge in [0.15, 0.2) is 6.10 Å². The summed E-state index contributed by atoms with van der Waals surface area (Å²) >= 11 is 0. The number of carbonyl (C=O) groups excluding carboxylic acids is 3. The fourth-order valence-corrected chi connectivity index (χ4v) is 9.63. The quantitative estimate of drug-likeness (QED) is 0.0343. The number of unbranched alkanes of at least 4 members (excludes halogenated alkanes) is 44. The van der Waals surface area contributed by atoms with Crippen LogP contribution in [-0.4, -0.2) is 37.2 Å². The summed E-state index contributed by atoms with van der Waals surface area (Å²) < 4.78 is 16.9. The molecule has 6 nitrogen and oxygen atoms in total. The highest BCUT2D eigenvalue weighted by Gasteiger charge is 2.19. The largest absolute Gasteiger partial charge is 0.462 e. The van der Waals surface area contributed by atoms with Crippen LogP contribution in [0.4, 0.5) is 0 Å². The lowest BCUT2D eigenvalue weighted by atomic mass is 10.0. The maximum Gasteiger partial charge on any atom is 0.306 e.